The number of halogens is 1. The molecular formula is C11H16ClNO3. The minimum Gasteiger partial charge on any atom is -0.459 e. The SMILES string of the molecule is O=C(CCl)O[C@H]1CCC(=O)N2CCCC[C@H]12. The van der Waals surface area contributed by atoms with Crippen LogP contribution in [-0.2, 0) is 14.3 Å². The Hall–Kier alpha value is -0.770. The number of carbonyl (C=O) groups is 2. The van der Waals surface area contributed by atoms with E-state index in [-0.39, 0.29) is 29.9 Å². The summed E-state index contributed by atoms with van der Waals surface area (Å²) in [7, 11) is 0. The number of rotatable bonds is 2. The van der Waals surface area contributed by atoms with Crippen molar-refractivity contribution in [2.45, 2.75) is 44.2 Å². The van der Waals surface area contributed by atoms with Crippen LogP contribution in [0.2, 0.25) is 0 Å². The van der Waals surface area contributed by atoms with Gasteiger partial charge in [0, 0.05) is 13.0 Å². The highest BCUT2D eigenvalue weighted by Crippen LogP contribution is 2.29. The Morgan fingerprint density at radius 1 is 1.44 bits per heavy atom. The third-order valence-electron chi connectivity index (χ3n) is 3.33. The van der Waals surface area contributed by atoms with Crippen LogP contribution in [0, 0.1) is 0 Å². The minimum atomic E-state index is -0.383. The molecule has 0 radical (unpaired) electrons. The van der Waals surface area contributed by atoms with Gasteiger partial charge in [-0.25, -0.2) is 0 Å². The van der Waals surface area contributed by atoms with Crippen LogP contribution >= 0.6 is 11.6 Å². The third kappa shape index (κ3) is 2.32. The summed E-state index contributed by atoms with van der Waals surface area (Å²) in [6.07, 6.45) is 4.07. The van der Waals surface area contributed by atoms with Gasteiger partial charge in [-0.05, 0) is 25.7 Å². The Morgan fingerprint density at radius 3 is 3.00 bits per heavy atom. The van der Waals surface area contributed by atoms with Gasteiger partial charge in [-0.15, -0.1) is 11.6 Å². The number of carbonyl (C=O) groups excluding carboxylic acids is 2. The predicted octanol–water partition coefficient (Wildman–Crippen LogP) is 1.31. The van der Waals surface area contributed by atoms with Crippen molar-refractivity contribution in [3.05, 3.63) is 0 Å². The number of hydrogen-bond donors (Lipinski definition) is 0. The third-order valence-corrected chi connectivity index (χ3v) is 3.55. The summed E-state index contributed by atoms with van der Waals surface area (Å²) in [5.41, 5.74) is 0. The van der Waals surface area contributed by atoms with Crippen molar-refractivity contribution in [2.75, 3.05) is 12.4 Å². The number of nitrogens with zero attached hydrogens (tertiary/aromatic N) is 1. The largest absolute Gasteiger partial charge is 0.459 e. The van der Waals surface area contributed by atoms with Crippen molar-refractivity contribution in [1.82, 2.24) is 4.90 Å². The van der Waals surface area contributed by atoms with E-state index in [1.54, 1.807) is 0 Å². The Bertz CT molecular complexity index is 295. The van der Waals surface area contributed by atoms with E-state index in [1.165, 1.54) is 0 Å². The van der Waals surface area contributed by atoms with Gasteiger partial charge in [-0.2, -0.15) is 0 Å². The molecule has 0 bridgehead atoms. The van der Waals surface area contributed by atoms with Gasteiger partial charge in [0.15, 0.2) is 0 Å². The smallest absolute Gasteiger partial charge is 0.321 e. The van der Waals surface area contributed by atoms with Crippen molar-refractivity contribution in [2.24, 2.45) is 0 Å². The fraction of sp³-hybridized carbons (Fsp3) is 0.818. The highest BCUT2D eigenvalue weighted by Gasteiger charge is 2.38. The lowest BCUT2D eigenvalue weighted by Crippen LogP contribution is -2.54. The van der Waals surface area contributed by atoms with Crippen LogP contribution in [0.3, 0.4) is 0 Å². The van der Waals surface area contributed by atoms with E-state index in [2.05, 4.69) is 0 Å². The van der Waals surface area contributed by atoms with Gasteiger partial charge in [-0.3, -0.25) is 9.59 Å². The molecule has 0 spiro atoms. The first-order valence-electron chi connectivity index (χ1n) is 5.77. The van der Waals surface area contributed by atoms with Crippen LogP contribution in [0.25, 0.3) is 0 Å². The molecule has 2 aliphatic heterocycles. The van der Waals surface area contributed by atoms with E-state index in [4.69, 9.17) is 16.3 Å². The molecule has 0 aromatic rings. The van der Waals surface area contributed by atoms with Crippen LogP contribution in [0.4, 0.5) is 0 Å². The van der Waals surface area contributed by atoms with Crippen LogP contribution < -0.4 is 0 Å². The normalized spacial score (nSPS) is 29.8. The monoisotopic (exact) mass is 245 g/mol. The molecule has 0 saturated carbocycles. The Kier molecular flexibility index (Phi) is 3.69. The lowest BCUT2D eigenvalue weighted by Gasteiger charge is -2.43. The maximum Gasteiger partial charge on any atom is 0.321 e. The molecule has 2 fully saturated rings. The van der Waals surface area contributed by atoms with E-state index < -0.39 is 0 Å². The van der Waals surface area contributed by atoms with Crippen molar-refractivity contribution in [3.63, 3.8) is 0 Å². The second-order valence-electron chi connectivity index (χ2n) is 4.35. The molecule has 2 aliphatic rings. The summed E-state index contributed by atoms with van der Waals surface area (Å²) >= 11 is 5.42. The van der Waals surface area contributed by atoms with E-state index in [0.29, 0.717) is 12.8 Å². The summed E-state index contributed by atoms with van der Waals surface area (Å²) < 4.78 is 5.29. The second-order valence-corrected chi connectivity index (χ2v) is 4.62. The highest BCUT2D eigenvalue weighted by atomic mass is 35.5. The molecule has 2 atom stereocenters. The molecule has 0 aromatic carbocycles. The molecule has 0 aromatic heterocycles. The first-order valence-corrected chi connectivity index (χ1v) is 6.30. The zero-order valence-electron chi connectivity index (χ0n) is 9.15. The Morgan fingerprint density at radius 2 is 2.25 bits per heavy atom. The molecule has 0 unspecified atom stereocenters. The van der Waals surface area contributed by atoms with Crippen molar-refractivity contribution >= 4 is 23.5 Å². The van der Waals surface area contributed by atoms with E-state index in [0.717, 1.165) is 25.8 Å². The van der Waals surface area contributed by atoms with Crippen LogP contribution in [-0.4, -0.2) is 41.3 Å². The van der Waals surface area contributed by atoms with Crippen molar-refractivity contribution < 1.29 is 14.3 Å². The molecule has 0 aliphatic carbocycles. The first kappa shape index (κ1) is 11.7. The summed E-state index contributed by atoms with van der Waals surface area (Å²) in [4.78, 5) is 24.7. The van der Waals surface area contributed by atoms with E-state index >= 15 is 0 Å². The van der Waals surface area contributed by atoms with Crippen molar-refractivity contribution in [1.29, 1.82) is 0 Å². The fourth-order valence-electron chi connectivity index (χ4n) is 2.59. The molecule has 2 saturated heterocycles. The second kappa shape index (κ2) is 5.04. The molecule has 4 nitrogen and oxygen atoms in total. The van der Waals surface area contributed by atoms with Gasteiger partial charge >= 0.3 is 5.97 Å². The maximum absolute atomic E-state index is 11.7. The van der Waals surface area contributed by atoms with Gasteiger partial charge in [0.1, 0.15) is 12.0 Å². The predicted molar refractivity (Wildman–Crippen MR) is 59.2 cm³/mol. The van der Waals surface area contributed by atoms with Crippen molar-refractivity contribution in [3.8, 4) is 0 Å². The standard InChI is InChI=1S/C11H16ClNO3/c12-7-11(15)16-9-4-5-10(14)13-6-2-1-3-8(9)13/h8-9H,1-7H2/t8-,9+/m1/s1. The topological polar surface area (TPSA) is 46.6 Å². The molecule has 5 heteroatoms. The Labute approximate surface area is 99.9 Å². The van der Waals surface area contributed by atoms with Gasteiger partial charge in [-0.1, -0.05) is 0 Å². The molecule has 90 valence electrons. The molecule has 0 N–H and O–H groups in total. The molecule has 2 rings (SSSR count). The molecule has 16 heavy (non-hydrogen) atoms. The van der Waals surface area contributed by atoms with Crippen LogP contribution in [0.15, 0.2) is 0 Å². The molecular weight excluding hydrogens is 230 g/mol. The number of piperidine rings is 2. The summed E-state index contributed by atoms with van der Waals surface area (Å²) in [6.45, 7) is 0.804. The highest BCUT2D eigenvalue weighted by molar-refractivity contribution is 6.26. The van der Waals surface area contributed by atoms with Crippen LogP contribution in [0.5, 0.6) is 0 Å². The average Bonchev–Trinajstić information content (AvgIpc) is 2.33. The number of hydrogen-bond acceptors (Lipinski definition) is 3. The molecule has 2 heterocycles. The zero-order valence-corrected chi connectivity index (χ0v) is 9.91. The first-order chi connectivity index (χ1) is 7.72. The van der Waals surface area contributed by atoms with E-state index in [9.17, 15) is 9.59 Å². The quantitative estimate of drug-likeness (QED) is 0.544. The van der Waals surface area contributed by atoms with Gasteiger partial charge in [0.2, 0.25) is 5.91 Å². The number of fused-ring (bicyclic) bond motifs is 1. The van der Waals surface area contributed by atoms with Crippen LogP contribution in [0.1, 0.15) is 32.1 Å². The number of alkyl halides is 1. The van der Waals surface area contributed by atoms with Gasteiger partial charge < -0.3 is 9.64 Å². The lowest BCUT2D eigenvalue weighted by atomic mass is 9.90. The molecule has 1 amide bonds. The number of esters is 1. The number of ether oxygens (including phenoxy) is 1. The summed E-state index contributed by atoms with van der Waals surface area (Å²) in [5.74, 6) is -0.300. The summed E-state index contributed by atoms with van der Waals surface area (Å²) in [5, 5.41) is 0. The Balaban J connectivity index is 2.02. The van der Waals surface area contributed by atoms with E-state index in [1.807, 2.05) is 4.90 Å². The zero-order chi connectivity index (χ0) is 11.5. The maximum atomic E-state index is 11.7. The van der Waals surface area contributed by atoms with Gasteiger partial charge in [0.25, 0.3) is 0 Å². The number of amides is 1. The minimum absolute atomic E-state index is 0.0853. The van der Waals surface area contributed by atoms with Gasteiger partial charge in [0.05, 0.1) is 6.04 Å². The fourth-order valence-corrected chi connectivity index (χ4v) is 2.66. The summed E-state index contributed by atoms with van der Waals surface area (Å²) in [6, 6.07) is 0.0853. The average molecular weight is 246 g/mol. The lowest BCUT2D eigenvalue weighted by molar-refractivity contribution is -0.161.